The van der Waals surface area contributed by atoms with E-state index >= 15 is 0 Å². The highest BCUT2D eigenvalue weighted by Crippen LogP contribution is 2.20. The summed E-state index contributed by atoms with van der Waals surface area (Å²) in [6, 6.07) is 0. The lowest BCUT2D eigenvalue weighted by Gasteiger charge is -2.04. The van der Waals surface area contributed by atoms with Crippen molar-refractivity contribution < 1.29 is 4.92 Å². The van der Waals surface area contributed by atoms with Crippen molar-refractivity contribution in [2.45, 2.75) is 6.42 Å². The van der Waals surface area contributed by atoms with Crippen molar-refractivity contribution in [1.29, 1.82) is 0 Å². The van der Waals surface area contributed by atoms with Gasteiger partial charge in [-0.15, -0.1) is 11.3 Å². The van der Waals surface area contributed by atoms with Gasteiger partial charge < -0.3 is 4.90 Å². The molecule has 1 aromatic rings. The van der Waals surface area contributed by atoms with Gasteiger partial charge in [-0.25, -0.2) is 4.98 Å². The molecular formula is C7H11N3O2S. The van der Waals surface area contributed by atoms with Crippen LogP contribution in [0, 0.1) is 10.1 Å². The van der Waals surface area contributed by atoms with Gasteiger partial charge >= 0.3 is 0 Å². The molecule has 0 atom stereocenters. The van der Waals surface area contributed by atoms with Gasteiger partial charge in [0.25, 0.3) is 0 Å². The maximum absolute atomic E-state index is 10.1. The second-order valence-corrected chi connectivity index (χ2v) is 3.90. The van der Waals surface area contributed by atoms with Crippen LogP contribution in [0.15, 0.2) is 6.20 Å². The van der Waals surface area contributed by atoms with E-state index in [4.69, 9.17) is 0 Å². The van der Waals surface area contributed by atoms with Crippen LogP contribution in [0.2, 0.25) is 0 Å². The Hall–Kier alpha value is -1.17. The van der Waals surface area contributed by atoms with Crippen molar-refractivity contribution in [3.63, 3.8) is 0 Å². The zero-order valence-electron chi connectivity index (χ0n) is 7.56. The molecule has 0 bridgehead atoms. The lowest BCUT2D eigenvalue weighted by molar-refractivity contribution is -0.479. The van der Waals surface area contributed by atoms with Crippen LogP contribution < -0.4 is 4.90 Å². The highest BCUT2D eigenvalue weighted by Gasteiger charge is 2.05. The number of nitrogens with zero attached hydrogens (tertiary/aromatic N) is 3. The fourth-order valence-corrected chi connectivity index (χ4v) is 1.64. The van der Waals surface area contributed by atoms with Crippen molar-refractivity contribution in [3.8, 4) is 0 Å². The van der Waals surface area contributed by atoms with E-state index in [0.717, 1.165) is 10.0 Å². The molecule has 72 valence electrons. The molecule has 0 aliphatic rings. The normalized spacial score (nSPS) is 10.0. The second-order valence-electron chi connectivity index (χ2n) is 2.81. The molecule has 0 aliphatic carbocycles. The Morgan fingerprint density at radius 3 is 2.85 bits per heavy atom. The molecule has 0 aromatic carbocycles. The molecule has 0 amide bonds. The molecule has 5 nitrogen and oxygen atoms in total. The molecule has 0 radical (unpaired) electrons. The van der Waals surface area contributed by atoms with Gasteiger partial charge in [0.05, 0.1) is 0 Å². The van der Waals surface area contributed by atoms with Crippen LogP contribution in [0.3, 0.4) is 0 Å². The Morgan fingerprint density at radius 2 is 2.38 bits per heavy atom. The molecule has 0 saturated heterocycles. The molecule has 0 spiro atoms. The summed E-state index contributed by atoms with van der Waals surface area (Å²) in [5, 5.41) is 11.0. The lowest BCUT2D eigenvalue weighted by Crippen LogP contribution is -2.07. The largest absolute Gasteiger partial charge is 0.354 e. The number of anilines is 1. The van der Waals surface area contributed by atoms with Crippen LogP contribution in [0.1, 0.15) is 4.88 Å². The average Bonchev–Trinajstić information content (AvgIpc) is 2.48. The number of aromatic nitrogens is 1. The molecule has 0 aliphatic heterocycles. The number of thiazole rings is 1. The van der Waals surface area contributed by atoms with E-state index in [1.165, 1.54) is 11.3 Å². The van der Waals surface area contributed by atoms with E-state index in [-0.39, 0.29) is 11.5 Å². The first kappa shape index (κ1) is 9.91. The molecule has 1 rings (SSSR count). The summed E-state index contributed by atoms with van der Waals surface area (Å²) in [5.74, 6) is 0. The van der Waals surface area contributed by atoms with Gasteiger partial charge in [-0.05, 0) is 0 Å². The fraction of sp³-hybridized carbons (Fsp3) is 0.571. The first-order valence-corrected chi connectivity index (χ1v) is 4.65. The minimum absolute atomic E-state index is 0.0188. The van der Waals surface area contributed by atoms with Crippen LogP contribution in [-0.2, 0) is 6.42 Å². The molecule has 6 heteroatoms. The fourth-order valence-electron chi connectivity index (χ4n) is 0.821. The SMILES string of the molecule is CN(C)c1ncc(CC[N+](=O)[O-])s1. The highest BCUT2D eigenvalue weighted by molar-refractivity contribution is 7.15. The van der Waals surface area contributed by atoms with Crippen molar-refractivity contribution in [1.82, 2.24) is 4.98 Å². The quantitative estimate of drug-likeness (QED) is 0.539. The van der Waals surface area contributed by atoms with Gasteiger partial charge in [-0.2, -0.15) is 0 Å². The van der Waals surface area contributed by atoms with Crippen LogP contribution in [0.4, 0.5) is 5.13 Å². The number of rotatable bonds is 4. The number of hydrogen-bond donors (Lipinski definition) is 0. The zero-order valence-corrected chi connectivity index (χ0v) is 8.37. The Bertz CT molecular complexity index is 298. The summed E-state index contributed by atoms with van der Waals surface area (Å²) in [6.45, 7) is -0.0188. The third-order valence-electron chi connectivity index (χ3n) is 1.46. The number of nitro groups is 1. The number of hydrogen-bond acceptors (Lipinski definition) is 5. The minimum Gasteiger partial charge on any atom is -0.354 e. The monoisotopic (exact) mass is 201 g/mol. The van der Waals surface area contributed by atoms with Crippen LogP contribution in [-0.4, -0.2) is 30.5 Å². The zero-order chi connectivity index (χ0) is 9.84. The van der Waals surface area contributed by atoms with E-state index in [1.807, 2.05) is 19.0 Å². The van der Waals surface area contributed by atoms with Crippen LogP contribution in [0.25, 0.3) is 0 Å². The summed E-state index contributed by atoms with van der Waals surface area (Å²) < 4.78 is 0. The first-order valence-electron chi connectivity index (χ1n) is 3.83. The molecule has 1 aromatic heterocycles. The van der Waals surface area contributed by atoms with Crippen LogP contribution >= 0.6 is 11.3 Å². The molecule has 13 heavy (non-hydrogen) atoms. The van der Waals surface area contributed by atoms with E-state index in [1.54, 1.807) is 6.20 Å². The van der Waals surface area contributed by atoms with Gasteiger partial charge in [0.2, 0.25) is 6.54 Å². The lowest BCUT2D eigenvalue weighted by atomic mass is 10.4. The smallest absolute Gasteiger partial charge is 0.208 e. The maximum atomic E-state index is 10.1. The molecular weight excluding hydrogens is 190 g/mol. The second kappa shape index (κ2) is 4.18. The summed E-state index contributed by atoms with van der Waals surface area (Å²) in [6.07, 6.45) is 2.17. The maximum Gasteiger partial charge on any atom is 0.208 e. The molecule has 1 heterocycles. The first-order chi connectivity index (χ1) is 6.09. The Balaban J connectivity index is 2.54. The van der Waals surface area contributed by atoms with E-state index in [0.29, 0.717) is 6.42 Å². The van der Waals surface area contributed by atoms with Gasteiger partial charge in [0.1, 0.15) is 0 Å². The standard InChI is InChI=1S/C7H11N3O2S/c1-9(2)7-8-5-6(13-7)3-4-10(11)12/h5H,3-4H2,1-2H3. The molecule has 0 N–H and O–H groups in total. The predicted octanol–water partition coefficient (Wildman–Crippen LogP) is 1.03. The van der Waals surface area contributed by atoms with E-state index in [2.05, 4.69) is 4.98 Å². The van der Waals surface area contributed by atoms with Crippen molar-refractivity contribution in [2.24, 2.45) is 0 Å². The van der Waals surface area contributed by atoms with Gasteiger partial charge in [-0.3, -0.25) is 10.1 Å². The predicted molar refractivity (Wildman–Crippen MR) is 52.0 cm³/mol. The third-order valence-corrected chi connectivity index (χ3v) is 2.69. The van der Waals surface area contributed by atoms with Gasteiger partial charge in [0.15, 0.2) is 5.13 Å². The highest BCUT2D eigenvalue weighted by atomic mass is 32.1. The van der Waals surface area contributed by atoms with E-state index in [9.17, 15) is 10.1 Å². The van der Waals surface area contributed by atoms with Gasteiger partial charge in [-0.1, -0.05) is 0 Å². The topological polar surface area (TPSA) is 59.3 Å². The Kier molecular flexibility index (Phi) is 3.18. The molecule has 0 saturated carbocycles. The summed E-state index contributed by atoms with van der Waals surface area (Å²) >= 11 is 1.49. The van der Waals surface area contributed by atoms with E-state index < -0.39 is 0 Å². The molecule has 0 unspecified atom stereocenters. The summed E-state index contributed by atoms with van der Waals surface area (Å²) in [5.41, 5.74) is 0. The molecule has 0 fully saturated rings. The van der Waals surface area contributed by atoms with Crippen molar-refractivity contribution in [3.05, 3.63) is 21.2 Å². The van der Waals surface area contributed by atoms with Crippen molar-refractivity contribution >= 4 is 16.5 Å². The third kappa shape index (κ3) is 2.98. The Morgan fingerprint density at radius 1 is 1.69 bits per heavy atom. The summed E-state index contributed by atoms with van der Waals surface area (Å²) in [4.78, 5) is 16.7. The van der Waals surface area contributed by atoms with Crippen molar-refractivity contribution in [2.75, 3.05) is 25.5 Å². The van der Waals surface area contributed by atoms with Crippen LogP contribution in [0.5, 0.6) is 0 Å². The minimum atomic E-state index is -0.310. The average molecular weight is 201 g/mol. The van der Waals surface area contributed by atoms with Gasteiger partial charge in [0, 0.05) is 36.5 Å². The Labute approximate surface area is 80.2 Å². The summed E-state index contributed by atoms with van der Waals surface area (Å²) in [7, 11) is 3.80.